The lowest BCUT2D eigenvalue weighted by molar-refractivity contribution is 0.327. The van der Waals surface area contributed by atoms with Crippen LogP contribution in [0.15, 0.2) is 53.7 Å². The highest BCUT2D eigenvalue weighted by atomic mass is 32.2. The first-order chi connectivity index (χ1) is 9.13. The molecule has 0 fully saturated rings. The number of nitrogens with zero attached hydrogens (tertiary/aromatic N) is 1. The minimum absolute atomic E-state index is 0.00121. The number of para-hydroxylation sites is 2. The van der Waals surface area contributed by atoms with Gasteiger partial charge in [0.1, 0.15) is 4.90 Å². The summed E-state index contributed by atoms with van der Waals surface area (Å²) in [6.07, 6.45) is 2.73. The van der Waals surface area contributed by atoms with Crippen LogP contribution in [0.2, 0.25) is 0 Å². The minimum atomic E-state index is -3.90. The number of hydrogen-bond donors (Lipinski definition) is 0. The predicted molar refractivity (Wildman–Crippen MR) is 69.7 cm³/mol. The standard InChI is InChI=1S/C13H13NO4S/c1-2-17-12-7-3-4-8-13(12)18-19(15,16)11-6-5-9-14-10-11/h3-10H,2H2,1H3. The summed E-state index contributed by atoms with van der Waals surface area (Å²) >= 11 is 0. The third-order valence-electron chi connectivity index (χ3n) is 2.27. The smallest absolute Gasteiger partial charge is 0.340 e. The molecule has 0 saturated carbocycles. The Morgan fingerprint density at radius 2 is 1.84 bits per heavy atom. The Hall–Kier alpha value is -2.08. The fourth-order valence-electron chi connectivity index (χ4n) is 1.46. The van der Waals surface area contributed by atoms with Crippen LogP contribution in [-0.2, 0) is 10.1 Å². The van der Waals surface area contributed by atoms with E-state index in [1.807, 2.05) is 6.92 Å². The van der Waals surface area contributed by atoms with Crippen LogP contribution in [-0.4, -0.2) is 20.0 Å². The summed E-state index contributed by atoms with van der Waals surface area (Å²) in [4.78, 5) is 3.76. The Bertz CT molecular complexity index is 641. The third-order valence-corrected chi connectivity index (χ3v) is 3.49. The van der Waals surface area contributed by atoms with Crippen molar-refractivity contribution < 1.29 is 17.3 Å². The summed E-state index contributed by atoms with van der Waals surface area (Å²) in [6.45, 7) is 2.24. The maximum atomic E-state index is 12.0. The van der Waals surface area contributed by atoms with E-state index in [1.165, 1.54) is 24.5 Å². The molecule has 0 saturated heterocycles. The highest BCUT2D eigenvalue weighted by Crippen LogP contribution is 2.29. The Morgan fingerprint density at radius 3 is 2.47 bits per heavy atom. The maximum Gasteiger partial charge on any atom is 0.340 e. The van der Waals surface area contributed by atoms with Crippen molar-refractivity contribution in [2.24, 2.45) is 0 Å². The Labute approximate surface area is 111 Å². The van der Waals surface area contributed by atoms with E-state index in [9.17, 15) is 8.42 Å². The Morgan fingerprint density at radius 1 is 1.11 bits per heavy atom. The SMILES string of the molecule is CCOc1ccccc1OS(=O)(=O)c1cccnc1. The van der Waals surface area contributed by atoms with Crippen LogP contribution >= 0.6 is 0 Å². The van der Waals surface area contributed by atoms with E-state index in [-0.39, 0.29) is 10.6 Å². The molecule has 1 aromatic heterocycles. The molecule has 0 unspecified atom stereocenters. The third kappa shape index (κ3) is 3.23. The lowest BCUT2D eigenvalue weighted by Crippen LogP contribution is -2.10. The van der Waals surface area contributed by atoms with E-state index in [0.29, 0.717) is 12.4 Å². The van der Waals surface area contributed by atoms with Crippen LogP contribution in [0, 0.1) is 0 Å². The van der Waals surface area contributed by atoms with Gasteiger partial charge in [0.25, 0.3) is 0 Å². The van der Waals surface area contributed by atoms with E-state index in [1.54, 1.807) is 24.3 Å². The fourth-order valence-corrected chi connectivity index (χ4v) is 2.36. The van der Waals surface area contributed by atoms with E-state index in [2.05, 4.69) is 4.98 Å². The molecule has 2 rings (SSSR count). The molecule has 19 heavy (non-hydrogen) atoms. The largest absolute Gasteiger partial charge is 0.490 e. The van der Waals surface area contributed by atoms with Gasteiger partial charge in [-0.2, -0.15) is 8.42 Å². The topological polar surface area (TPSA) is 65.5 Å². The molecular formula is C13H13NO4S. The quantitative estimate of drug-likeness (QED) is 0.785. The Balaban J connectivity index is 2.31. The van der Waals surface area contributed by atoms with Crippen molar-refractivity contribution in [3.05, 3.63) is 48.8 Å². The van der Waals surface area contributed by atoms with Gasteiger partial charge in [0.15, 0.2) is 11.5 Å². The number of hydrogen-bond acceptors (Lipinski definition) is 5. The van der Waals surface area contributed by atoms with Crippen LogP contribution in [0.5, 0.6) is 11.5 Å². The average Bonchev–Trinajstić information content (AvgIpc) is 2.42. The van der Waals surface area contributed by atoms with Gasteiger partial charge in [-0.1, -0.05) is 12.1 Å². The number of ether oxygens (including phenoxy) is 1. The molecule has 0 aliphatic carbocycles. The highest BCUT2D eigenvalue weighted by molar-refractivity contribution is 7.87. The zero-order valence-corrected chi connectivity index (χ0v) is 11.1. The first-order valence-electron chi connectivity index (χ1n) is 5.70. The first-order valence-corrected chi connectivity index (χ1v) is 7.10. The molecule has 0 atom stereocenters. The van der Waals surface area contributed by atoms with Crippen molar-refractivity contribution in [3.63, 3.8) is 0 Å². The van der Waals surface area contributed by atoms with Gasteiger partial charge >= 0.3 is 10.1 Å². The van der Waals surface area contributed by atoms with Gasteiger partial charge < -0.3 is 8.92 Å². The highest BCUT2D eigenvalue weighted by Gasteiger charge is 2.18. The molecule has 0 aliphatic heterocycles. The van der Waals surface area contributed by atoms with Gasteiger partial charge in [-0.3, -0.25) is 4.98 Å². The molecule has 5 nitrogen and oxygen atoms in total. The second-order valence-corrected chi connectivity index (χ2v) is 5.15. The summed E-state index contributed by atoms with van der Waals surface area (Å²) in [6, 6.07) is 9.57. The number of rotatable bonds is 5. The average molecular weight is 279 g/mol. The first kappa shape index (κ1) is 13.4. The van der Waals surface area contributed by atoms with Crippen LogP contribution < -0.4 is 8.92 Å². The van der Waals surface area contributed by atoms with Gasteiger partial charge in [0.2, 0.25) is 0 Å². The summed E-state index contributed by atoms with van der Waals surface area (Å²) in [7, 11) is -3.90. The van der Waals surface area contributed by atoms with Crippen LogP contribution in [0.4, 0.5) is 0 Å². The van der Waals surface area contributed by atoms with Crippen molar-refractivity contribution in [2.75, 3.05) is 6.61 Å². The molecule has 0 N–H and O–H groups in total. The Kier molecular flexibility index (Phi) is 4.01. The minimum Gasteiger partial charge on any atom is -0.490 e. The van der Waals surface area contributed by atoms with E-state index < -0.39 is 10.1 Å². The van der Waals surface area contributed by atoms with E-state index in [4.69, 9.17) is 8.92 Å². The van der Waals surface area contributed by atoms with Gasteiger partial charge in [0, 0.05) is 12.4 Å². The van der Waals surface area contributed by atoms with Gasteiger partial charge in [-0.15, -0.1) is 0 Å². The monoisotopic (exact) mass is 279 g/mol. The second-order valence-electron chi connectivity index (χ2n) is 3.61. The lowest BCUT2D eigenvalue weighted by atomic mass is 10.3. The molecule has 1 heterocycles. The molecule has 2 aromatic rings. The van der Waals surface area contributed by atoms with Crippen LogP contribution in [0.25, 0.3) is 0 Å². The van der Waals surface area contributed by atoms with E-state index in [0.717, 1.165) is 0 Å². The molecule has 0 radical (unpaired) electrons. The summed E-state index contributed by atoms with van der Waals surface area (Å²) in [5.74, 6) is 0.547. The van der Waals surface area contributed by atoms with Crippen molar-refractivity contribution in [1.82, 2.24) is 4.98 Å². The maximum absolute atomic E-state index is 12.0. The molecule has 0 spiro atoms. The van der Waals surface area contributed by atoms with Crippen molar-refractivity contribution in [2.45, 2.75) is 11.8 Å². The van der Waals surface area contributed by atoms with E-state index >= 15 is 0 Å². The van der Waals surface area contributed by atoms with Crippen molar-refractivity contribution >= 4 is 10.1 Å². The lowest BCUT2D eigenvalue weighted by Gasteiger charge is -2.11. The molecular weight excluding hydrogens is 266 g/mol. The summed E-state index contributed by atoms with van der Waals surface area (Å²) in [5, 5.41) is 0. The number of pyridine rings is 1. The molecule has 100 valence electrons. The summed E-state index contributed by atoms with van der Waals surface area (Å²) in [5.41, 5.74) is 0. The zero-order chi connectivity index (χ0) is 13.7. The number of aromatic nitrogens is 1. The number of benzene rings is 1. The van der Waals surface area contributed by atoms with Gasteiger partial charge in [-0.25, -0.2) is 0 Å². The van der Waals surface area contributed by atoms with Crippen molar-refractivity contribution in [1.29, 1.82) is 0 Å². The molecule has 0 aliphatic rings. The molecule has 0 bridgehead atoms. The van der Waals surface area contributed by atoms with Crippen LogP contribution in [0.3, 0.4) is 0 Å². The van der Waals surface area contributed by atoms with Crippen molar-refractivity contribution in [3.8, 4) is 11.5 Å². The normalized spacial score (nSPS) is 11.0. The zero-order valence-electron chi connectivity index (χ0n) is 10.3. The predicted octanol–water partition coefficient (Wildman–Crippen LogP) is 2.25. The molecule has 6 heteroatoms. The van der Waals surface area contributed by atoms with Crippen LogP contribution in [0.1, 0.15) is 6.92 Å². The fraction of sp³-hybridized carbons (Fsp3) is 0.154. The summed E-state index contributed by atoms with van der Waals surface area (Å²) < 4.78 is 34.5. The molecule has 0 amide bonds. The van der Waals surface area contributed by atoms with Gasteiger partial charge in [0.05, 0.1) is 6.61 Å². The molecule has 1 aromatic carbocycles. The second kappa shape index (κ2) is 5.71. The van der Waals surface area contributed by atoms with Gasteiger partial charge in [-0.05, 0) is 31.2 Å².